The van der Waals surface area contributed by atoms with Crippen LogP contribution >= 0.6 is 11.6 Å². The second kappa shape index (κ2) is 9.15. The number of hydrogen-bond acceptors (Lipinski definition) is 7. The number of ether oxygens (including phenoxy) is 2. The number of aromatic nitrogens is 2. The Morgan fingerprint density at radius 2 is 1.90 bits per heavy atom. The summed E-state index contributed by atoms with van der Waals surface area (Å²) in [5.74, 6) is 2.09. The van der Waals surface area contributed by atoms with E-state index in [2.05, 4.69) is 15.5 Å². The standard InChI is InChI=1S/C21H21ClN4O4/c1-2-26(13-20-24-21(25-30-20)14-3-5-15(22)6-4-14)12-19(27)23-16-7-8-17-18(11-16)29-10-9-28-17/h3-8,11H,2,9-10,12-13H2,1H3,(H,23,27). The third-order valence-corrected chi connectivity index (χ3v) is 4.82. The summed E-state index contributed by atoms with van der Waals surface area (Å²) < 4.78 is 16.4. The van der Waals surface area contributed by atoms with Crippen molar-refractivity contribution in [2.75, 3.05) is 31.6 Å². The molecule has 1 N–H and O–H groups in total. The number of halogens is 1. The van der Waals surface area contributed by atoms with E-state index in [1.807, 2.05) is 24.0 Å². The van der Waals surface area contributed by atoms with Crippen LogP contribution in [-0.2, 0) is 11.3 Å². The molecule has 2 aromatic carbocycles. The SMILES string of the molecule is CCN(CC(=O)Nc1ccc2c(c1)OCCO2)Cc1nc(-c2ccc(Cl)cc2)no1. The van der Waals surface area contributed by atoms with Crippen LogP contribution in [0.15, 0.2) is 47.0 Å². The fourth-order valence-electron chi connectivity index (χ4n) is 3.03. The van der Waals surface area contributed by atoms with Crippen molar-refractivity contribution in [3.8, 4) is 22.9 Å². The summed E-state index contributed by atoms with van der Waals surface area (Å²) in [7, 11) is 0. The highest BCUT2D eigenvalue weighted by Gasteiger charge is 2.17. The highest BCUT2D eigenvalue weighted by molar-refractivity contribution is 6.30. The molecule has 1 aliphatic rings. The lowest BCUT2D eigenvalue weighted by Gasteiger charge is -2.20. The van der Waals surface area contributed by atoms with Crippen LogP contribution < -0.4 is 14.8 Å². The zero-order valence-corrected chi connectivity index (χ0v) is 17.2. The number of nitrogens with one attached hydrogen (secondary N) is 1. The Balaban J connectivity index is 1.35. The van der Waals surface area contributed by atoms with Crippen molar-refractivity contribution < 1.29 is 18.8 Å². The summed E-state index contributed by atoms with van der Waals surface area (Å²) in [5, 5.41) is 7.54. The first kappa shape index (κ1) is 20.2. The molecular weight excluding hydrogens is 408 g/mol. The molecule has 0 bridgehead atoms. The maximum Gasteiger partial charge on any atom is 0.241 e. The number of nitrogens with zero attached hydrogens (tertiary/aromatic N) is 3. The van der Waals surface area contributed by atoms with Crippen molar-refractivity contribution in [1.29, 1.82) is 0 Å². The molecule has 4 rings (SSSR count). The molecule has 0 spiro atoms. The van der Waals surface area contributed by atoms with Crippen LogP contribution in [0.1, 0.15) is 12.8 Å². The quantitative estimate of drug-likeness (QED) is 0.614. The number of hydrogen-bond donors (Lipinski definition) is 1. The van der Waals surface area contributed by atoms with Crippen molar-refractivity contribution in [2.24, 2.45) is 0 Å². The molecule has 0 aliphatic carbocycles. The minimum absolute atomic E-state index is 0.147. The first-order valence-corrected chi connectivity index (χ1v) is 9.99. The van der Waals surface area contributed by atoms with E-state index in [1.54, 1.807) is 30.3 Å². The van der Waals surface area contributed by atoms with E-state index in [9.17, 15) is 4.79 Å². The van der Waals surface area contributed by atoms with Gasteiger partial charge in [-0.1, -0.05) is 23.7 Å². The topological polar surface area (TPSA) is 89.7 Å². The molecule has 3 aromatic rings. The molecule has 1 amide bonds. The Morgan fingerprint density at radius 3 is 2.67 bits per heavy atom. The van der Waals surface area contributed by atoms with Crippen LogP contribution in [0.5, 0.6) is 11.5 Å². The van der Waals surface area contributed by atoms with Gasteiger partial charge >= 0.3 is 0 Å². The van der Waals surface area contributed by atoms with Crippen LogP contribution in [0.25, 0.3) is 11.4 Å². The first-order valence-electron chi connectivity index (χ1n) is 9.61. The third kappa shape index (κ3) is 4.90. The average molecular weight is 429 g/mol. The van der Waals surface area contributed by atoms with Crippen LogP contribution in [0, 0.1) is 0 Å². The second-order valence-corrected chi connectivity index (χ2v) is 7.16. The van der Waals surface area contributed by atoms with E-state index in [0.29, 0.717) is 60.2 Å². The van der Waals surface area contributed by atoms with Gasteiger partial charge in [0.25, 0.3) is 0 Å². The number of benzene rings is 2. The Bertz CT molecular complexity index is 1020. The summed E-state index contributed by atoms with van der Waals surface area (Å²) in [5.41, 5.74) is 1.47. The summed E-state index contributed by atoms with van der Waals surface area (Å²) in [6.45, 7) is 4.19. The van der Waals surface area contributed by atoms with Gasteiger partial charge in [0.2, 0.25) is 17.6 Å². The number of anilines is 1. The highest BCUT2D eigenvalue weighted by Crippen LogP contribution is 2.32. The van der Waals surface area contributed by atoms with Crippen molar-refractivity contribution in [3.05, 3.63) is 53.4 Å². The molecule has 0 fully saturated rings. The van der Waals surface area contributed by atoms with E-state index in [0.717, 1.165) is 5.56 Å². The van der Waals surface area contributed by atoms with Gasteiger partial charge < -0.3 is 19.3 Å². The molecule has 0 atom stereocenters. The number of fused-ring (bicyclic) bond motifs is 1. The van der Waals surface area contributed by atoms with Gasteiger partial charge in [-0.3, -0.25) is 9.69 Å². The highest BCUT2D eigenvalue weighted by atomic mass is 35.5. The monoisotopic (exact) mass is 428 g/mol. The van der Waals surface area contributed by atoms with E-state index < -0.39 is 0 Å². The number of likely N-dealkylation sites (N-methyl/N-ethyl adjacent to an activating group) is 1. The number of carbonyl (C=O) groups excluding carboxylic acids is 1. The maximum absolute atomic E-state index is 12.5. The Hall–Kier alpha value is -3.10. The summed E-state index contributed by atoms with van der Waals surface area (Å²) in [6, 6.07) is 12.5. The first-order chi connectivity index (χ1) is 14.6. The van der Waals surface area contributed by atoms with Gasteiger partial charge in [0, 0.05) is 22.3 Å². The van der Waals surface area contributed by atoms with Gasteiger partial charge in [-0.05, 0) is 42.9 Å². The maximum atomic E-state index is 12.5. The number of amides is 1. The van der Waals surface area contributed by atoms with E-state index in [1.165, 1.54) is 0 Å². The molecule has 2 heterocycles. The molecule has 1 aromatic heterocycles. The summed E-state index contributed by atoms with van der Waals surface area (Å²) >= 11 is 5.91. The van der Waals surface area contributed by atoms with E-state index in [4.69, 9.17) is 25.6 Å². The predicted molar refractivity (Wildman–Crippen MR) is 112 cm³/mol. The summed E-state index contributed by atoms with van der Waals surface area (Å²) in [4.78, 5) is 18.8. The molecule has 156 valence electrons. The number of carbonyl (C=O) groups is 1. The Morgan fingerprint density at radius 1 is 1.13 bits per heavy atom. The molecule has 8 nitrogen and oxygen atoms in total. The van der Waals surface area contributed by atoms with E-state index >= 15 is 0 Å². The minimum atomic E-state index is -0.147. The molecule has 30 heavy (non-hydrogen) atoms. The third-order valence-electron chi connectivity index (χ3n) is 4.57. The lowest BCUT2D eigenvalue weighted by Crippen LogP contribution is -2.32. The lowest BCUT2D eigenvalue weighted by molar-refractivity contribution is -0.117. The van der Waals surface area contributed by atoms with Crippen molar-refractivity contribution >= 4 is 23.2 Å². The smallest absolute Gasteiger partial charge is 0.241 e. The molecule has 0 saturated carbocycles. The van der Waals surface area contributed by atoms with E-state index in [-0.39, 0.29) is 12.5 Å². The minimum Gasteiger partial charge on any atom is -0.486 e. The van der Waals surface area contributed by atoms with Gasteiger partial charge in [0.1, 0.15) is 13.2 Å². The van der Waals surface area contributed by atoms with Gasteiger partial charge in [-0.2, -0.15) is 4.98 Å². The molecule has 0 unspecified atom stereocenters. The zero-order valence-electron chi connectivity index (χ0n) is 16.4. The van der Waals surface area contributed by atoms with Crippen molar-refractivity contribution in [3.63, 3.8) is 0 Å². The molecule has 0 saturated heterocycles. The summed E-state index contributed by atoms with van der Waals surface area (Å²) in [6.07, 6.45) is 0. The van der Waals surface area contributed by atoms with Crippen LogP contribution in [0.3, 0.4) is 0 Å². The molecule has 1 aliphatic heterocycles. The van der Waals surface area contributed by atoms with Crippen molar-refractivity contribution in [1.82, 2.24) is 15.0 Å². The zero-order chi connectivity index (χ0) is 20.9. The molecule has 0 radical (unpaired) electrons. The molecule has 9 heteroatoms. The van der Waals surface area contributed by atoms with Crippen molar-refractivity contribution in [2.45, 2.75) is 13.5 Å². The Labute approximate surface area is 178 Å². The number of rotatable bonds is 7. The average Bonchev–Trinajstić information content (AvgIpc) is 3.22. The van der Waals surface area contributed by atoms with Gasteiger partial charge in [-0.15, -0.1) is 0 Å². The largest absolute Gasteiger partial charge is 0.486 e. The normalized spacial score (nSPS) is 12.8. The second-order valence-electron chi connectivity index (χ2n) is 6.73. The predicted octanol–water partition coefficient (Wildman–Crippen LogP) is 3.62. The van der Waals surface area contributed by atoms with Gasteiger partial charge in [0.15, 0.2) is 11.5 Å². The van der Waals surface area contributed by atoms with Crippen LogP contribution in [0.2, 0.25) is 5.02 Å². The fraction of sp³-hybridized carbons (Fsp3) is 0.286. The molecular formula is C21H21ClN4O4. The van der Waals surface area contributed by atoms with Gasteiger partial charge in [-0.25, -0.2) is 0 Å². The Kier molecular flexibility index (Phi) is 6.15. The van der Waals surface area contributed by atoms with Crippen LogP contribution in [0.4, 0.5) is 5.69 Å². The van der Waals surface area contributed by atoms with Crippen LogP contribution in [-0.4, -0.2) is 47.3 Å². The van der Waals surface area contributed by atoms with Gasteiger partial charge in [0.05, 0.1) is 13.1 Å². The lowest BCUT2D eigenvalue weighted by atomic mass is 10.2. The fourth-order valence-corrected chi connectivity index (χ4v) is 3.16.